The molecule has 0 saturated heterocycles. The van der Waals surface area contributed by atoms with Crippen LogP contribution in [-0.2, 0) is 9.53 Å². The van der Waals surface area contributed by atoms with Crippen molar-refractivity contribution in [3.63, 3.8) is 0 Å². The summed E-state index contributed by atoms with van der Waals surface area (Å²) in [4.78, 5) is 12.3. The summed E-state index contributed by atoms with van der Waals surface area (Å²) in [5.74, 6) is 0.0779. The zero-order chi connectivity index (χ0) is 18.8. The highest BCUT2D eigenvalue weighted by Crippen LogP contribution is 2.33. The Morgan fingerprint density at radius 1 is 1.11 bits per heavy atom. The van der Waals surface area contributed by atoms with Crippen LogP contribution in [0, 0.1) is 11.8 Å². The molecule has 1 aliphatic carbocycles. The van der Waals surface area contributed by atoms with Crippen LogP contribution in [-0.4, -0.2) is 17.6 Å². The number of methoxy groups -OCH3 is 1. The van der Waals surface area contributed by atoms with E-state index in [0.29, 0.717) is 5.92 Å². The molecule has 3 aromatic rings. The number of para-hydroxylation sites is 1. The zero-order valence-corrected chi connectivity index (χ0v) is 15.7. The average Bonchev–Trinajstić information content (AvgIpc) is 3.14. The number of nitrogens with one attached hydrogen (secondary N) is 1. The van der Waals surface area contributed by atoms with E-state index in [1.807, 2.05) is 24.3 Å². The highest BCUT2D eigenvalue weighted by atomic mass is 16.5. The Bertz CT molecular complexity index is 988. The summed E-state index contributed by atoms with van der Waals surface area (Å²) in [6.45, 7) is 2.17. The lowest BCUT2D eigenvalue weighted by atomic mass is 9.85. The van der Waals surface area contributed by atoms with Gasteiger partial charge < -0.3 is 14.6 Å². The first kappa shape index (κ1) is 17.4. The molecule has 2 unspecified atom stereocenters. The van der Waals surface area contributed by atoms with Gasteiger partial charge in [0.2, 0.25) is 0 Å². The number of aromatic nitrogens is 1. The van der Waals surface area contributed by atoms with Crippen molar-refractivity contribution in [1.82, 2.24) is 4.57 Å². The number of benzene rings is 2. The third kappa shape index (κ3) is 3.35. The van der Waals surface area contributed by atoms with Crippen molar-refractivity contribution in [2.45, 2.75) is 19.8 Å². The van der Waals surface area contributed by atoms with Gasteiger partial charge in [0.25, 0.3) is 0 Å². The summed E-state index contributed by atoms with van der Waals surface area (Å²) in [7, 11) is 1.46. The fraction of sp³-hybridized carbons (Fsp3) is 0.261. The Morgan fingerprint density at radius 3 is 2.70 bits per heavy atom. The van der Waals surface area contributed by atoms with Gasteiger partial charge in [-0.2, -0.15) is 0 Å². The molecule has 0 aliphatic heterocycles. The Balaban J connectivity index is 1.70. The van der Waals surface area contributed by atoms with Gasteiger partial charge in [-0.25, -0.2) is 0 Å². The number of nitrogens with zero attached hydrogens (tertiary/aromatic N) is 1. The van der Waals surface area contributed by atoms with E-state index in [1.54, 1.807) is 0 Å². The normalized spacial score (nSPS) is 19.6. The molecule has 4 rings (SSSR count). The van der Waals surface area contributed by atoms with Gasteiger partial charge in [0, 0.05) is 28.7 Å². The summed E-state index contributed by atoms with van der Waals surface area (Å²) in [5, 5.41) is 4.65. The minimum Gasteiger partial charge on any atom is -0.469 e. The van der Waals surface area contributed by atoms with Gasteiger partial charge in [-0.15, -0.1) is 0 Å². The van der Waals surface area contributed by atoms with Gasteiger partial charge in [-0.1, -0.05) is 37.3 Å². The van der Waals surface area contributed by atoms with E-state index in [1.165, 1.54) is 7.11 Å². The van der Waals surface area contributed by atoms with Gasteiger partial charge in [0.15, 0.2) is 0 Å². The fourth-order valence-corrected chi connectivity index (χ4v) is 3.85. The molecule has 27 heavy (non-hydrogen) atoms. The van der Waals surface area contributed by atoms with Gasteiger partial charge in [-0.3, -0.25) is 4.79 Å². The summed E-state index contributed by atoms with van der Waals surface area (Å²) in [6, 6.07) is 18.6. The zero-order valence-electron chi connectivity index (χ0n) is 15.7. The molecule has 0 bridgehead atoms. The molecule has 1 heterocycles. The van der Waals surface area contributed by atoms with Crippen LogP contribution in [0.4, 0.5) is 5.69 Å². The summed E-state index contributed by atoms with van der Waals surface area (Å²) in [6.07, 6.45) is 6.01. The predicted molar refractivity (Wildman–Crippen MR) is 109 cm³/mol. The van der Waals surface area contributed by atoms with Crippen LogP contribution in [0.15, 0.2) is 72.6 Å². The van der Waals surface area contributed by atoms with Crippen molar-refractivity contribution in [2.75, 3.05) is 12.4 Å². The van der Waals surface area contributed by atoms with Crippen LogP contribution in [0.3, 0.4) is 0 Å². The lowest BCUT2D eigenvalue weighted by molar-refractivity contribution is -0.144. The predicted octanol–water partition coefficient (Wildman–Crippen LogP) is 5.15. The minimum atomic E-state index is -0.231. The lowest BCUT2D eigenvalue weighted by Gasteiger charge is -2.27. The second-order valence-corrected chi connectivity index (χ2v) is 7.20. The number of hydrogen-bond donors (Lipinski definition) is 1. The number of allylic oxidation sites excluding steroid dienone is 1. The maximum atomic E-state index is 12.3. The van der Waals surface area contributed by atoms with E-state index in [-0.39, 0.29) is 11.9 Å². The number of rotatable bonds is 4. The Hall–Kier alpha value is -3.01. The number of fused-ring (bicyclic) bond motifs is 1. The van der Waals surface area contributed by atoms with E-state index >= 15 is 0 Å². The smallest absolute Gasteiger partial charge is 0.314 e. The topological polar surface area (TPSA) is 43.3 Å². The number of esters is 1. The quantitative estimate of drug-likeness (QED) is 0.655. The third-order valence-electron chi connectivity index (χ3n) is 5.29. The number of carbonyl (C=O) groups is 1. The second-order valence-electron chi connectivity index (χ2n) is 7.20. The monoisotopic (exact) mass is 360 g/mol. The first-order chi connectivity index (χ1) is 13.2. The highest BCUT2D eigenvalue weighted by Gasteiger charge is 2.29. The molecular formula is C23H24N2O2. The second kappa shape index (κ2) is 7.31. The van der Waals surface area contributed by atoms with Crippen molar-refractivity contribution in [3.8, 4) is 5.69 Å². The van der Waals surface area contributed by atoms with E-state index in [0.717, 1.165) is 40.8 Å². The summed E-state index contributed by atoms with van der Waals surface area (Å²) >= 11 is 0. The maximum absolute atomic E-state index is 12.3. The van der Waals surface area contributed by atoms with Gasteiger partial charge in [-0.05, 0) is 49.1 Å². The number of carbonyl (C=O) groups excluding carboxylic acids is 1. The minimum absolute atomic E-state index is 0.172. The Kier molecular flexibility index (Phi) is 4.71. The van der Waals surface area contributed by atoms with Crippen molar-refractivity contribution in [3.05, 3.63) is 72.6 Å². The van der Waals surface area contributed by atoms with Gasteiger partial charge >= 0.3 is 5.97 Å². The molecule has 0 spiro atoms. The molecule has 1 N–H and O–H groups in total. The first-order valence-corrected chi connectivity index (χ1v) is 9.37. The molecular weight excluding hydrogens is 336 g/mol. The number of ether oxygens (including phenoxy) is 1. The SMILES string of the molecule is COC(=O)C1CC(C)CC=C1Nc1cccc2c1ccn2-c1ccccc1. The van der Waals surface area contributed by atoms with E-state index < -0.39 is 0 Å². The summed E-state index contributed by atoms with van der Waals surface area (Å²) in [5.41, 5.74) is 4.21. The molecule has 0 radical (unpaired) electrons. The van der Waals surface area contributed by atoms with Crippen molar-refractivity contribution in [1.29, 1.82) is 0 Å². The number of anilines is 1. The fourth-order valence-electron chi connectivity index (χ4n) is 3.85. The van der Waals surface area contributed by atoms with E-state index in [9.17, 15) is 4.79 Å². The number of hydrogen-bond acceptors (Lipinski definition) is 3. The van der Waals surface area contributed by atoms with Crippen LogP contribution in [0.5, 0.6) is 0 Å². The molecule has 2 atom stereocenters. The standard InChI is InChI=1S/C23H24N2O2/c1-16-11-12-21(19(15-16)23(26)27-2)24-20-9-6-10-22-18(20)13-14-25(22)17-7-4-3-5-8-17/h3-10,12-14,16,19,24H,11,15H2,1-2H3. The molecule has 1 aliphatic rings. The van der Waals surface area contributed by atoms with Crippen molar-refractivity contribution >= 4 is 22.6 Å². The van der Waals surface area contributed by atoms with Gasteiger partial charge in [0.05, 0.1) is 18.5 Å². The van der Waals surface area contributed by atoms with Crippen molar-refractivity contribution < 1.29 is 9.53 Å². The molecule has 2 aromatic carbocycles. The molecule has 0 fully saturated rings. The molecule has 0 amide bonds. The third-order valence-corrected chi connectivity index (χ3v) is 5.29. The van der Waals surface area contributed by atoms with Crippen molar-refractivity contribution in [2.24, 2.45) is 11.8 Å². The Morgan fingerprint density at radius 2 is 1.93 bits per heavy atom. The lowest BCUT2D eigenvalue weighted by Crippen LogP contribution is -2.27. The molecule has 0 saturated carbocycles. The molecule has 138 valence electrons. The molecule has 4 nitrogen and oxygen atoms in total. The molecule has 4 heteroatoms. The first-order valence-electron chi connectivity index (χ1n) is 9.37. The molecule has 1 aromatic heterocycles. The summed E-state index contributed by atoms with van der Waals surface area (Å²) < 4.78 is 7.21. The maximum Gasteiger partial charge on any atom is 0.314 e. The largest absolute Gasteiger partial charge is 0.469 e. The van der Waals surface area contributed by atoms with Crippen LogP contribution in [0.25, 0.3) is 16.6 Å². The highest BCUT2D eigenvalue weighted by molar-refractivity contribution is 5.94. The van der Waals surface area contributed by atoms with Gasteiger partial charge in [0.1, 0.15) is 0 Å². The van der Waals surface area contributed by atoms with Crippen LogP contribution in [0.2, 0.25) is 0 Å². The average molecular weight is 360 g/mol. The van der Waals surface area contributed by atoms with Crippen LogP contribution in [0.1, 0.15) is 19.8 Å². The van der Waals surface area contributed by atoms with E-state index in [4.69, 9.17) is 4.74 Å². The van der Waals surface area contributed by atoms with Crippen LogP contribution >= 0.6 is 0 Å². The van der Waals surface area contributed by atoms with Crippen LogP contribution < -0.4 is 5.32 Å². The Labute approximate surface area is 159 Å². The van der Waals surface area contributed by atoms with E-state index in [2.05, 4.69) is 59.4 Å².